The maximum atomic E-state index is 13.5. The Labute approximate surface area is 192 Å². The van der Waals surface area contributed by atoms with Gasteiger partial charge in [0.05, 0.1) is 17.6 Å². The molecule has 0 fully saturated rings. The lowest BCUT2D eigenvalue weighted by Gasteiger charge is -2.24. The number of para-hydroxylation sites is 1. The minimum Gasteiger partial charge on any atom is -0.478 e. The first-order valence-corrected chi connectivity index (χ1v) is 10.7. The molecule has 1 N–H and O–H groups in total. The molecule has 0 saturated heterocycles. The van der Waals surface area contributed by atoms with Gasteiger partial charge in [-0.15, -0.1) is 0 Å². The van der Waals surface area contributed by atoms with Crippen LogP contribution in [0.3, 0.4) is 0 Å². The lowest BCUT2D eigenvalue weighted by molar-refractivity contribution is -0.119. The van der Waals surface area contributed by atoms with Crippen molar-refractivity contribution in [1.82, 2.24) is 4.57 Å². The highest BCUT2D eigenvalue weighted by Crippen LogP contribution is 2.22. The number of anilines is 1. The number of nitrogens with zero attached hydrogens (tertiary/aromatic N) is 2. The molecule has 0 spiro atoms. The number of hydrogen-bond acceptors (Lipinski definition) is 3. The van der Waals surface area contributed by atoms with Crippen molar-refractivity contribution in [2.45, 2.75) is 13.1 Å². The third-order valence-corrected chi connectivity index (χ3v) is 5.69. The van der Waals surface area contributed by atoms with Crippen molar-refractivity contribution in [3.63, 3.8) is 0 Å². The molecule has 4 aromatic rings. The molecule has 1 heterocycles. The minimum absolute atomic E-state index is 0.0802. The fourth-order valence-corrected chi connectivity index (χ4v) is 3.87. The van der Waals surface area contributed by atoms with Gasteiger partial charge < -0.3 is 10.0 Å². The van der Waals surface area contributed by atoms with Crippen LogP contribution in [0.25, 0.3) is 10.9 Å². The molecule has 160 valence electrons. The van der Waals surface area contributed by atoms with Crippen LogP contribution >= 0.6 is 15.9 Å². The van der Waals surface area contributed by atoms with Crippen LogP contribution < -0.4 is 10.5 Å². The predicted molar refractivity (Wildman–Crippen MR) is 127 cm³/mol. The van der Waals surface area contributed by atoms with E-state index in [2.05, 4.69) is 15.9 Å². The van der Waals surface area contributed by atoms with E-state index in [1.165, 1.54) is 4.57 Å². The Bertz CT molecular complexity index is 1350. The Hall–Kier alpha value is -3.71. The molecule has 0 saturated carbocycles. The Morgan fingerprint density at radius 1 is 0.906 bits per heavy atom. The number of aromatic carboxylic acids is 1. The van der Waals surface area contributed by atoms with E-state index in [9.17, 15) is 19.5 Å². The van der Waals surface area contributed by atoms with Crippen LogP contribution in [0.2, 0.25) is 0 Å². The summed E-state index contributed by atoms with van der Waals surface area (Å²) in [5, 5.41) is 9.88. The van der Waals surface area contributed by atoms with Crippen LogP contribution in [-0.2, 0) is 17.9 Å². The Morgan fingerprint density at radius 2 is 1.56 bits per heavy atom. The smallest absolute Gasteiger partial charge is 0.336 e. The highest BCUT2D eigenvalue weighted by molar-refractivity contribution is 9.10. The van der Waals surface area contributed by atoms with Gasteiger partial charge in [0.2, 0.25) is 5.91 Å². The highest BCUT2D eigenvalue weighted by Gasteiger charge is 2.20. The Morgan fingerprint density at radius 3 is 2.25 bits per heavy atom. The zero-order valence-corrected chi connectivity index (χ0v) is 18.5. The number of carboxylic acids is 1. The van der Waals surface area contributed by atoms with Crippen molar-refractivity contribution in [2.75, 3.05) is 4.90 Å². The van der Waals surface area contributed by atoms with Crippen molar-refractivity contribution in [2.24, 2.45) is 0 Å². The number of aromatic nitrogens is 1. The normalized spacial score (nSPS) is 10.8. The molecule has 0 unspecified atom stereocenters. The topological polar surface area (TPSA) is 79.6 Å². The molecular formula is C25H19BrN2O4. The van der Waals surface area contributed by atoms with Gasteiger partial charge in [-0.3, -0.25) is 14.2 Å². The lowest BCUT2D eigenvalue weighted by atomic mass is 10.1. The van der Waals surface area contributed by atoms with Crippen LogP contribution in [0.15, 0.2) is 94.2 Å². The molecule has 1 aromatic heterocycles. The molecule has 0 aliphatic carbocycles. The quantitative estimate of drug-likeness (QED) is 0.424. The number of pyridine rings is 1. The lowest BCUT2D eigenvalue weighted by Crippen LogP contribution is -2.36. The van der Waals surface area contributed by atoms with E-state index >= 15 is 0 Å². The van der Waals surface area contributed by atoms with Gasteiger partial charge in [0, 0.05) is 21.6 Å². The molecule has 0 aliphatic heterocycles. The van der Waals surface area contributed by atoms with Crippen LogP contribution in [0.4, 0.5) is 5.69 Å². The van der Waals surface area contributed by atoms with E-state index in [-0.39, 0.29) is 18.0 Å². The van der Waals surface area contributed by atoms with Crippen molar-refractivity contribution in [3.05, 3.63) is 111 Å². The number of hydrogen-bond donors (Lipinski definition) is 1. The molecule has 0 bridgehead atoms. The number of fused-ring (bicyclic) bond motifs is 1. The van der Waals surface area contributed by atoms with E-state index in [4.69, 9.17) is 0 Å². The molecule has 32 heavy (non-hydrogen) atoms. The van der Waals surface area contributed by atoms with Crippen molar-refractivity contribution >= 4 is 44.4 Å². The largest absolute Gasteiger partial charge is 0.478 e. The standard InChI is InChI=1S/C25H19BrN2O4/c26-18-10-12-19(13-11-18)27(15-17-6-2-1-3-7-17)24(30)16-28-22-9-5-4-8-20(22)21(25(31)32)14-23(28)29/h1-14H,15-16H2,(H,31,32). The van der Waals surface area contributed by atoms with Crippen molar-refractivity contribution in [3.8, 4) is 0 Å². The summed E-state index contributed by atoms with van der Waals surface area (Å²) < 4.78 is 2.21. The summed E-state index contributed by atoms with van der Waals surface area (Å²) in [6.07, 6.45) is 0. The van der Waals surface area contributed by atoms with Gasteiger partial charge in [0.25, 0.3) is 5.56 Å². The second-order valence-corrected chi connectivity index (χ2v) is 8.16. The van der Waals surface area contributed by atoms with E-state index in [1.54, 1.807) is 29.2 Å². The first kappa shape index (κ1) is 21.5. The molecule has 4 rings (SSSR count). The number of amides is 1. The maximum absolute atomic E-state index is 13.5. The monoisotopic (exact) mass is 490 g/mol. The third kappa shape index (κ3) is 4.48. The first-order chi connectivity index (χ1) is 15.4. The van der Waals surface area contributed by atoms with Gasteiger partial charge in [-0.1, -0.05) is 64.5 Å². The van der Waals surface area contributed by atoms with Crippen LogP contribution in [0.5, 0.6) is 0 Å². The second kappa shape index (κ2) is 9.20. The molecule has 0 radical (unpaired) electrons. The number of benzene rings is 3. The summed E-state index contributed by atoms with van der Waals surface area (Å²) in [4.78, 5) is 39.5. The van der Waals surface area contributed by atoms with Gasteiger partial charge >= 0.3 is 5.97 Å². The molecule has 0 aliphatic rings. The van der Waals surface area contributed by atoms with E-state index in [0.717, 1.165) is 16.1 Å². The summed E-state index contributed by atoms with van der Waals surface area (Å²) in [6, 6.07) is 24.7. The predicted octanol–water partition coefficient (Wildman–Crippen LogP) is 4.70. The highest BCUT2D eigenvalue weighted by atomic mass is 79.9. The summed E-state index contributed by atoms with van der Waals surface area (Å²) in [5.41, 5.74) is 1.43. The fraction of sp³-hybridized carbons (Fsp3) is 0.0800. The molecular weight excluding hydrogens is 472 g/mol. The minimum atomic E-state index is -1.18. The SMILES string of the molecule is O=C(O)c1cc(=O)n(CC(=O)N(Cc2ccccc2)c2ccc(Br)cc2)c2ccccc12. The number of rotatable bonds is 6. The summed E-state index contributed by atoms with van der Waals surface area (Å²) in [6.45, 7) is 0.114. The van der Waals surface area contributed by atoms with Gasteiger partial charge in [-0.05, 0) is 35.9 Å². The second-order valence-electron chi connectivity index (χ2n) is 7.25. The summed E-state index contributed by atoms with van der Waals surface area (Å²) in [7, 11) is 0. The van der Waals surface area contributed by atoms with Crippen LogP contribution in [0.1, 0.15) is 15.9 Å². The van der Waals surface area contributed by atoms with Gasteiger partial charge in [-0.2, -0.15) is 0 Å². The van der Waals surface area contributed by atoms with Crippen molar-refractivity contribution < 1.29 is 14.7 Å². The average molecular weight is 491 g/mol. The van der Waals surface area contributed by atoms with Crippen LogP contribution in [0, 0.1) is 0 Å². The maximum Gasteiger partial charge on any atom is 0.336 e. The number of carbonyl (C=O) groups is 2. The van der Waals surface area contributed by atoms with E-state index in [1.807, 2.05) is 54.6 Å². The third-order valence-electron chi connectivity index (χ3n) is 5.17. The zero-order valence-electron chi connectivity index (χ0n) is 16.9. The van der Waals surface area contributed by atoms with Crippen molar-refractivity contribution in [1.29, 1.82) is 0 Å². The Kier molecular flexibility index (Phi) is 6.18. The molecule has 0 atom stereocenters. The average Bonchev–Trinajstić information content (AvgIpc) is 2.80. The molecule has 6 nitrogen and oxygen atoms in total. The molecule has 7 heteroatoms. The van der Waals surface area contributed by atoms with E-state index in [0.29, 0.717) is 23.1 Å². The fourth-order valence-electron chi connectivity index (χ4n) is 3.61. The van der Waals surface area contributed by atoms with E-state index < -0.39 is 11.5 Å². The number of carbonyl (C=O) groups excluding carboxylic acids is 1. The number of carboxylic acid groups (broad SMARTS) is 1. The number of halogens is 1. The summed E-state index contributed by atoms with van der Waals surface area (Å²) >= 11 is 3.41. The van der Waals surface area contributed by atoms with Gasteiger partial charge in [0.1, 0.15) is 6.54 Å². The van der Waals surface area contributed by atoms with Gasteiger partial charge in [0.15, 0.2) is 0 Å². The molecule has 3 aromatic carbocycles. The van der Waals surface area contributed by atoms with Crippen LogP contribution in [-0.4, -0.2) is 21.6 Å². The summed E-state index contributed by atoms with van der Waals surface area (Å²) in [5.74, 6) is -1.47. The molecule has 1 amide bonds. The Balaban J connectivity index is 1.75. The first-order valence-electron chi connectivity index (χ1n) is 9.90. The zero-order chi connectivity index (χ0) is 22.7. The van der Waals surface area contributed by atoms with Gasteiger partial charge in [-0.25, -0.2) is 4.79 Å².